The van der Waals surface area contributed by atoms with Gasteiger partial charge in [-0.3, -0.25) is 0 Å². The van der Waals surface area contributed by atoms with E-state index in [4.69, 9.17) is 9.84 Å². The topological polar surface area (TPSA) is 68.7 Å². The zero-order valence-corrected chi connectivity index (χ0v) is 16.2. The molecule has 0 saturated heterocycles. The van der Waals surface area contributed by atoms with Crippen LogP contribution in [0.4, 0.5) is 8.78 Å². The summed E-state index contributed by atoms with van der Waals surface area (Å²) in [6.45, 7) is 0. The molecule has 0 atom stereocenters. The van der Waals surface area contributed by atoms with Gasteiger partial charge in [0.05, 0.1) is 7.11 Å². The molecule has 0 saturated carbocycles. The summed E-state index contributed by atoms with van der Waals surface area (Å²) in [5, 5.41) is 8.59. The summed E-state index contributed by atoms with van der Waals surface area (Å²) in [7, 11) is 1.28. The Labute approximate surface area is 167 Å². The van der Waals surface area contributed by atoms with Crippen molar-refractivity contribution >= 4 is 28.6 Å². The van der Waals surface area contributed by atoms with Gasteiger partial charge in [-0.05, 0) is 77.2 Å². The molecule has 3 rings (SSSR count). The summed E-state index contributed by atoms with van der Waals surface area (Å²) in [6, 6.07) is 12.1. The summed E-state index contributed by atoms with van der Waals surface area (Å²) in [5.74, 6) is -0.632. The van der Waals surface area contributed by atoms with Gasteiger partial charge in [-0.25, -0.2) is 18.6 Å². The number of pyridine rings is 1. The number of methoxy groups -OCH3 is 1. The van der Waals surface area contributed by atoms with Crippen molar-refractivity contribution in [3.63, 3.8) is 0 Å². The molecule has 5 nitrogen and oxygen atoms in total. The summed E-state index contributed by atoms with van der Waals surface area (Å²) in [5.41, 5.74) is 0.221. The number of aromatic hydroxyl groups is 1. The molecule has 140 valence electrons. The van der Waals surface area contributed by atoms with Crippen LogP contribution < -0.4 is 4.74 Å². The van der Waals surface area contributed by atoms with Gasteiger partial charge in [-0.15, -0.1) is 0 Å². The molecular formula is C19H14F2INO4. The van der Waals surface area contributed by atoms with Gasteiger partial charge in [0.25, 0.3) is 0 Å². The van der Waals surface area contributed by atoms with Crippen LogP contribution in [0.1, 0.15) is 10.4 Å². The molecule has 3 aromatic rings. The lowest BCUT2D eigenvalue weighted by Crippen LogP contribution is -2.05. The predicted octanol–water partition coefficient (Wildman–Crippen LogP) is 4.94. The Kier molecular flexibility index (Phi) is 7.47. The van der Waals surface area contributed by atoms with Gasteiger partial charge in [0, 0.05) is 9.77 Å². The smallest absolute Gasteiger partial charge is 0.343 e. The van der Waals surface area contributed by atoms with Crippen LogP contribution in [0.2, 0.25) is 0 Å². The van der Waals surface area contributed by atoms with E-state index in [1.54, 1.807) is 12.3 Å². The van der Waals surface area contributed by atoms with Crippen molar-refractivity contribution in [1.29, 1.82) is 0 Å². The van der Waals surface area contributed by atoms with E-state index < -0.39 is 5.97 Å². The zero-order valence-electron chi connectivity index (χ0n) is 14.0. The molecule has 0 spiro atoms. The van der Waals surface area contributed by atoms with Gasteiger partial charge in [0.2, 0.25) is 5.88 Å². The quantitative estimate of drug-likeness (QED) is 0.421. The second-order valence-electron chi connectivity index (χ2n) is 5.03. The Morgan fingerprint density at radius 2 is 1.59 bits per heavy atom. The Bertz CT molecular complexity index is 882. The van der Waals surface area contributed by atoms with E-state index >= 15 is 0 Å². The molecule has 0 unspecified atom stereocenters. The van der Waals surface area contributed by atoms with E-state index in [1.165, 1.54) is 55.6 Å². The third-order valence-corrected chi connectivity index (χ3v) is 3.67. The lowest BCUT2D eigenvalue weighted by atomic mass is 10.2. The van der Waals surface area contributed by atoms with Gasteiger partial charge < -0.3 is 14.6 Å². The van der Waals surface area contributed by atoms with E-state index in [-0.39, 0.29) is 28.8 Å². The zero-order chi connectivity index (χ0) is 19.8. The Morgan fingerprint density at radius 1 is 1.04 bits per heavy atom. The van der Waals surface area contributed by atoms with Gasteiger partial charge in [0.1, 0.15) is 28.7 Å². The van der Waals surface area contributed by atoms with Crippen molar-refractivity contribution in [1.82, 2.24) is 4.98 Å². The number of benzene rings is 2. The highest BCUT2D eigenvalue weighted by molar-refractivity contribution is 14.1. The molecule has 27 heavy (non-hydrogen) atoms. The van der Waals surface area contributed by atoms with Crippen molar-refractivity contribution in [3.05, 3.63) is 81.6 Å². The van der Waals surface area contributed by atoms with Gasteiger partial charge >= 0.3 is 5.97 Å². The number of hydrogen-bond donors (Lipinski definition) is 1. The number of phenols is 1. The molecular weight excluding hydrogens is 471 g/mol. The van der Waals surface area contributed by atoms with Crippen LogP contribution in [0.3, 0.4) is 0 Å². The molecule has 0 aliphatic heterocycles. The number of halogens is 3. The van der Waals surface area contributed by atoms with Crippen molar-refractivity contribution in [3.8, 4) is 17.4 Å². The Hall–Kier alpha value is -2.75. The van der Waals surface area contributed by atoms with E-state index in [0.717, 1.165) is 3.57 Å². The maximum Gasteiger partial charge on any atom is 0.343 e. The summed E-state index contributed by atoms with van der Waals surface area (Å²) in [4.78, 5) is 15.7. The highest BCUT2D eigenvalue weighted by Crippen LogP contribution is 2.25. The monoisotopic (exact) mass is 485 g/mol. The largest absolute Gasteiger partial charge is 0.508 e. The highest BCUT2D eigenvalue weighted by atomic mass is 127. The van der Waals surface area contributed by atoms with Crippen LogP contribution >= 0.6 is 22.6 Å². The van der Waals surface area contributed by atoms with Crippen molar-refractivity contribution in [2.75, 3.05) is 7.11 Å². The third kappa shape index (κ3) is 6.48. The number of hydrogen-bond acceptors (Lipinski definition) is 5. The lowest BCUT2D eigenvalue weighted by Gasteiger charge is -2.09. The van der Waals surface area contributed by atoms with E-state index in [9.17, 15) is 13.6 Å². The van der Waals surface area contributed by atoms with Gasteiger partial charge in [0.15, 0.2) is 0 Å². The molecule has 0 aliphatic carbocycles. The minimum Gasteiger partial charge on any atom is -0.508 e. The third-order valence-electron chi connectivity index (χ3n) is 3.08. The molecule has 0 aliphatic rings. The van der Waals surface area contributed by atoms with Gasteiger partial charge in [-0.1, -0.05) is 0 Å². The Balaban J connectivity index is 0.000000273. The minimum atomic E-state index is -0.539. The van der Waals surface area contributed by atoms with Crippen molar-refractivity contribution < 1.29 is 28.2 Å². The highest BCUT2D eigenvalue weighted by Gasteiger charge is 2.16. The fourth-order valence-corrected chi connectivity index (χ4v) is 2.27. The first-order valence-electron chi connectivity index (χ1n) is 7.51. The van der Waals surface area contributed by atoms with E-state index in [0.29, 0.717) is 5.75 Å². The number of ether oxygens (including phenoxy) is 2. The molecule has 2 aromatic carbocycles. The summed E-state index contributed by atoms with van der Waals surface area (Å²) >= 11 is 2.03. The summed E-state index contributed by atoms with van der Waals surface area (Å²) in [6.07, 6.45) is 1.56. The second kappa shape index (κ2) is 9.81. The number of rotatable bonds is 3. The molecule has 1 N–H and O–H groups in total. The number of aromatic nitrogens is 1. The Morgan fingerprint density at radius 3 is 2.11 bits per heavy atom. The first-order valence-corrected chi connectivity index (χ1v) is 8.58. The SMILES string of the molecule is COC(=O)c1cc(I)cnc1Oc1ccc(F)cc1.Oc1ccc(F)cc1. The average molecular weight is 485 g/mol. The van der Waals surface area contributed by atoms with Crippen LogP contribution in [0.15, 0.2) is 60.8 Å². The first-order chi connectivity index (χ1) is 12.9. The second-order valence-corrected chi connectivity index (χ2v) is 6.28. The van der Waals surface area contributed by atoms with Gasteiger partial charge in [-0.2, -0.15) is 0 Å². The molecule has 0 amide bonds. The molecule has 0 radical (unpaired) electrons. The van der Waals surface area contributed by atoms with Crippen molar-refractivity contribution in [2.24, 2.45) is 0 Å². The normalized spacial score (nSPS) is 9.78. The fourth-order valence-electron chi connectivity index (χ4n) is 1.82. The van der Waals surface area contributed by atoms with E-state index in [1.807, 2.05) is 22.6 Å². The van der Waals surface area contributed by atoms with Crippen LogP contribution in [-0.2, 0) is 4.74 Å². The molecule has 0 fully saturated rings. The predicted molar refractivity (Wildman–Crippen MR) is 103 cm³/mol. The fraction of sp³-hybridized carbons (Fsp3) is 0.0526. The molecule has 1 aromatic heterocycles. The first kappa shape index (κ1) is 20.6. The lowest BCUT2D eigenvalue weighted by molar-refractivity contribution is 0.0597. The molecule has 0 bridgehead atoms. The van der Waals surface area contributed by atoms with Crippen LogP contribution in [0, 0.1) is 15.2 Å². The van der Waals surface area contributed by atoms with Crippen LogP contribution in [0.25, 0.3) is 0 Å². The van der Waals surface area contributed by atoms with Crippen molar-refractivity contribution in [2.45, 2.75) is 0 Å². The average Bonchev–Trinajstić information content (AvgIpc) is 2.67. The number of esters is 1. The maximum atomic E-state index is 12.8. The molecule has 1 heterocycles. The van der Waals surface area contributed by atoms with E-state index in [2.05, 4.69) is 9.72 Å². The number of carbonyl (C=O) groups is 1. The minimum absolute atomic E-state index is 0.0893. The standard InChI is InChI=1S/C13H9FINO3.C6H5FO/c1-18-13(17)11-6-9(15)7-16-12(11)19-10-4-2-8(14)3-5-10;7-5-1-3-6(8)4-2-5/h2-7H,1H3;1-4,8H. The van der Waals surface area contributed by atoms with Crippen LogP contribution in [-0.4, -0.2) is 23.2 Å². The summed E-state index contributed by atoms with van der Waals surface area (Å²) < 4.78 is 35.7. The molecule has 8 heteroatoms. The number of nitrogens with zero attached hydrogens (tertiary/aromatic N) is 1. The maximum absolute atomic E-state index is 12.8. The van der Waals surface area contributed by atoms with Crippen LogP contribution in [0.5, 0.6) is 17.4 Å². The number of phenolic OH excluding ortho intramolecular Hbond substituents is 1. The number of carbonyl (C=O) groups excluding carboxylic acids is 1.